The number of aromatic nitrogens is 1. The number of carbonyl (C=O) groups is 1. The highest BCUT2D eigenvalue weighted by Gasteiger charge is 2.29. The molecular weight excluding hydrogens is 301 g/mol. The van der Waals surface area contributed by atoms with Crippen molar-refractivity contribution in [1.82, 2.24) is 4.98 Å². The van der Waals surface area contributed by atoms with Crippen molar-refractivity contribution in [1.29, 1.82) is 0 Å². The molecule has 1 heterocycles. The van der Waals surface area contributed by atoms with Gasteiger partial charge in [0.25, 0.3) is 0 Å². The lowest BCUT2D eigenvalue weighted by Crippen LogP contribution is -2.16. The van der Waals surface area contributed by atoms with Crippen molar-refractivity contribution < 1.29 is 14.3 Å². The van der Waals surface area contributed by atoms with Crippen LogP contribution in [0.1, 0.15) is 37.0 Å². The molecule has 0 bridgehead atoms. The smallest absolute Gasteiger partial charge is 0.373 e. The molecule has 0 fully saturated rings. The summed E-state index contributed by atoms with van der Waals surface area (Å²) in [7, 11) is 0. The van der Waals surface area contributed by atoms with Crippen molar-refractivity contribution in [2.45, 2.75) is 26.2 Å². The summed E-state index contributed by atoms with van der Waals surface area (Å²) in [5.74, 6) is -1.19. The van der Waals surface area contributed by atoms with Crippen LogP contribution in [-0.2, 0) is 5.41 Å². The Labute approximate surface area is 126 Å². The van der Waals surface area contributed by atoms with Crippen LogP contribution in [0.2, 0.25) is 10.0 Å². The lowest BCUT2D eigenvalue weighted by molar-refractivity contribution is 0.0659. The molecule has 4 nitrogen and oxygen atoms in total. The number of oxazole rings is 1. The Bertz CT molecular complexity index is 672. The van der Waals surface area contributed by atoms with Crippen LogP contribution in [0.4, 0.5) is 0 Å². The van der Waals surface area contributed by atoms with E-state index in [0.717, 1.165) is 0 Å². The largest absolute Gasteiger partial charge is 0.475 e. The van der Waals surface area contributed by atoms with E-state index in [4.69, 9.17) is 27.6 Å². The van der Waals surface area contributed by atoms with E-state index in [0.29, 0.717) is 21.3 Å². The zero-order valence-electron chi connectivity index (χ0n) is 11.2. The van der Waals surface area contributed by atoms with Gasteiger partial charge in [0.15, 0.2) is 0 Å². The van der Waals surface area contributed by atoms with Crippen LogP contribution >= 0.6 is 23.2 Å². The molecule has 0 aliphatic carbocycles. The van der Waals surface area contributed by atoms with E-state index >= 15 is 0 Å². The predicted octanol–water partition coefficient (Wildman–Crippen LogP) is 4.64. The van der Waals surface area contributed by atoms with Gasteiger partial charge in [-0.25, -0.2) is 9.78 Å². The fourth-order valence-electron chi connectivity index (χ4n) is 1.75. The summed E-state index contributed by atoms with van der Waals surface area (Å²) >= 11 is 12.0. The number of halogens is 2. The predicted molar refractivity (Wildman–Crippen MR) is 77.6 cm³/mol. The SMILES string of the molecule is CC(C)(C)c1nc(-c2cc(Cl)ccc2Cl)oc1C(=O)O. The zero-order chi connectivity index (χ0) is 15.1. The van der Waals surface area contributed by atoms with E-state index in [-0.39, 0.29) is 11.7 Å². The third-order valence-corrected chi connectivity index (χ3v) is 3.26. The van der Waals surface area contributed by atoms with Gasteiger partial charge in [-0.1, -0.05) is 44.0 Å². The molecule has 0 amide bonds. The molecule has 0 spiro atoms. The van der Waals surface area contributed by atoms with Gasteiger partial charge in [-0.05, 0) is 18.2 Å². The number of nitrogens with zero attached hydrogens (tertiary/aromatic N) is 1. The molecule has 0 radical (unpaired) electrons. The monoisotopic (exact) mass is 313 g/mol. The van der Waals surface area contributed by atoms with Gasteiger partial charge >= 0.3 is 5.97 Å². The zero-order valence-corrected chi connectivity index (χ0v) is 12.7. The van der Waals surface area contributed by atoms with Crippen LogP contribution in [0.15, 0.2) is 22.6 Å². The molecule has 1 aromatic heterocycles. The first kappa shape index (κ1) is 14.9. The minimum absolute atomic E-state index is 0.153. The minimum Gasteiger partial charge on any atom is -0.475 e. The van der Waals surface area contributed by atoms with Gasteiger partial charge in [0, 0.05) is 10.4 Å². The third-order valence-electron chi connectivity index (χ3n) is 2.69. The average molecular weight is 314 g/mol. The standard InChI is InChI=1S/C14H13Cl2NO3/c1-14(2,3)11-10(13(18)19)20-12(17-11)8-6-7(15)4-5-9(8)16/h4-6H,1-3H3,(H,18,19). The van der Waals surface area contributed by atoms with Crippen molar-refractivity contribution >= 4 is 29.2 Å². The van der Waals surface area contributed by atoms with Crippen LogP contribution in [-0.4, -0.2) is 16.1 Å². The molecule has 0 saturated heterocycles. The van der Waals surface area contributed by atoms with E-state index in [9.17, 15) is 9.90 Å². The van der Waals surface area contributed by atoms with Gasteiger partial charge in [-0.2, -0.15) is 0 Å². The Morgan fingerprint density at radius 2 is 1.95 bits per heavy atom. The fraction of sp³-hybridized carbons (Fsp3) is 0.286. The number of hydrogen-bond donors (Lipinski definition) is 1. The summed E-state index contributed by atoms with van der Waals surface area (Å²) in [4.78, 5) is 15.6. The van der Waals surface area contributed by atoms with Crippen LogP contribution in [0.5, 0.6) is 0 Å². The number of aromatic carboxylic acids is 1. The summed E-state index contributed by atoms with van der Waals surface area (Å²) in [6, 6.07) is 4.84. The first-order valence-corrected chi connectivity index (χ1v) is 6.66. The van der Waals surface area contributed by atoms with Crippen molar-refractivity contribution in [3.8, 4) is 11.5 Å². The van der Waals surface area contributed by atoms with Gasteiger partial charge in [0.2, 0.25) is 11.7 Å². The quantitative estimate of drug-likeness (QED) is 0.877. The second-order valence-corrected chi connectivity index (χ2v) is 6.22. The maximum Gasteiger partial charge on any atom is 0.373 e. The molecule has 0 atom stereocenters. The molecule has 2 rings (SSSR count). The molecule has 20 heavy (non-hydrogen) atoms. The van der Waals surface area contributed by atoms with E-state index in [1.54, 1.807) is 18.2 Å². The second-order valence-electron chi connectivity index (χ2n) is 5.38. The summed E-state index contributed by atoms with van der Waals surface area (Å²) in [5.41, 5.74) is 0.383. The summed E-state index contributed by atoms with van der Waals surface area (Å²) in [6.07, 6.45) is 0. The molecule has 6 heteroatoms. The highest BCUT2D eigenvalue weighted by atomic mass is 35.5. The highest BCUT2D eigenvalue weighted by molar-refractivity contribution is 6.35. The van der Waals surface area contributed by atoms with Gasteiger partial charge in [-0.3, -0.25) is 0 Å². The Balaban J connectivity index is 2.65. The highest BCUT2D eigenvalue weighted by Crippen LogP contribution is 2.34. The van der Waals surface area contributed by atoms with Gasteiger partial charge in [0.1, 0.15) is 5.69 Å². The topological polar surface area (TPSA) is 63.3 Å². The number of carboxylic acid groups (broad SMARTS) is 1. The van der Waals surface area contributed by atoms with E-state index in [1.807, 2.05) is 20.8 Å². The minimum atomic E-state index is -1.16. The van der Waals surface area contributed by atoms with Crippen molar-refractivity contribution in [2.75, 3.05) is 0 Å². The lowest BCUT2D eigenvalue weighted by Gasteiger charge is -2.14. The molecule has 0 unspecified atom stereocenters. The maximum absolute atomic E-state index is 11.3. The maximum atomic E-state index is 11.3. The average Bonchev–Trinajstić information content (AvgIpc) is 2.77. The Hall–Kier alpha value is -1.52. The normalized spacial score (nSPS) is 11.7. The Kier molecular flexibility index (Phi) is 3.80. The Morgan fingerprint density at radius 1 is 1.30 bits per heavy atom. The van der Waals surface area contributed by atoms with Crippen molar-refractivity contribution in [3.63, 3.8) is 0 Å². The van der Waals surface area contributed by atoms with Gasteiger partial charge < -0.3 is 9.52 Å². The molecule has 1 aromatic carbocycles. The number of rotatable bonds is 2. The molecule has 0 aliphatic rings. The summed E-state index contributed by atoms with van der Waals surface area (Å²) in [6.45, 7) is 5.59. The summed E-state index contributed by atoms with van der Waals surface area (Å²) < 4.78 is 5.37. The lowest BCUT2D eigenvalue weighted by atomic mass is 9.91. The molecule has 106 valence electrons. The van der Waals surface area contributed by atoms with Gasteiger partial charge in [0.05, 0.1) is 10.6 Å². The molecule has 0 saturated carbocycles. The first-order valence-electron chi connectivity index (χ1n) is 5.90. The Morgan fingerprint density at radius 3 is 2.45 bits per heavy atom. The van der Waals surface area contributed by atoms with E-state index in [1.165, 1.54) is 0 Å². The number of hydrogen-bond acceptors (Lipinski definition) is 3. The summed E-state index contributed by atoms with van der Waals surface area (Å²) in [5, 5.41) is 10.1. The van der Waals surface area contributed by atoms with Crippen LogP contribution in [0.3, 0.4) is 0 Å². The third kappa shape index (κ3) is 2.81. The fourth-order valence-corrected chi connectivity index (χ4v) is 2.12. The van der Waals surface area contributed by atoms with Gasteiger partial charge in [-0.15, -0.1) is 0 Å². The van der Waals surface area contributed by atoms with Crippen molar-refractivity contribution in [3.05, 3.63) is 39.7 Å². The van der Waals surface area contributed by atoms with Crippen LogP contribution < -0.4 is 0 Å². The molecular formula is C14H13Cl2NO3. The number of carboxylic acids is 1. The second kappa shape index (κ2) is 5.11. The first-order chi connectivity index (χ1) is 9.20. The van der Waals surface area contributed by atoms with Crippen molar-refractivity contribution in [2.24, 2.45) is 0 Å². The van der Waals surface area contributed by atoms with E-state index < -0.39 is 11.4 Å². The van der Waals surface area contributed by atoms with E-state index in [2.05, 4.69) is 4.98 Å². The molecule has 1 N–H and O–H groups in total. The molecule has 0 aliphatic heterocycles. The number of benzene rings is 1. The molecule has 2 aromatic rings. The van der Waals surface area contributed by atoms with Crippen LogP contribution in [0.25, 0.3) is 11.5 Å². The van der Waals surface area contributed by atoms with Crippen LogP contribution in [0, 0.1) is 0 Å².